The monoisotopic (exact) mass is 258 g/mol. The number of benzene rings is 1. The van der Waals surface area contributed by atoms with Crippen LogP contribution in [0.4, 0.5) is 0 Å². The summed E-state index contributed by atoms with van der Waals surface area (Å²) in [5.74, 6) is 0.126. The molecule has 0 spiro atoms. The first-order valence-corrected chi connectivity index (χ1v) is 6.91. The minimum absolute atomic E-state index is 0.126. The molecular weight excluding hydrogens is 236 g/mol. The first-order chi connectivity index (χ1) is 9.22. The molecule has 1 atom stereocenters. The number of likely N-dealkylation sites (N-methyl/N-ethyl adjacent to an activating group) is 1. The van der Waals surface area contributed by atoms with Crippen LogP contribution in [0.5, 0.6) is 0 Å². The van der Waals surface area contributed by atoms with E-state index in [2.05, 4.69) is 18.3 Å². The molecule has 1 N–H and O–H groups in total. The molecule has 102 valence electrons. The molecule has 0 aliphatic carbocycles. The zero-order valence-corrected chi connectivity index (χ0v) is 11.7. The molecule has 2 rings (SSSR count). The van der Waals surface area contributed by atoms with Gasteiger partial charge in [-0.15, -0.1) is 0 Å². The molecular formula is C16H22N2O. The van der Waals surface area contributed by atoms with E-state index in [9.17, 15) is 4.79 Å². The molecule has 1 amide bonds. The summed E-state index contributed by atoms with van der Waals surface area (Å²) in [5, 5.41) is 3.16. The second-order valence-electron chi connectivity index (χ2n) is 5.08. The van der Waals surface area contributed by atoms with Gasteiger partial charge in [-0.25, -0.2) is 0 Å². The van der Waals surface area contributed by atoms with Crippen molar-refractivity contribution in [2.45, 2.75) is 25.8 Å². The normalized spacial score (nSPS) is 19.3. The van der Waals surface area contributed by atoms with Crippen molar-refractivity contribution in [1.29, 1.82) is 0 Å². The SMILES string of the molecule is CNCC1CCCN1C(=O)/C=C/c1ccccc1C. The largest absolute Gasteiger partial charge is 0.335 e. The van der Waals surface area contributed by atoms with E-state index in [0.717, 1.165) is 31.5 Å². The Labute approximate surface area is 115 Å². The molecule has 1 aromatic carbocycles. The van der Waals surface area contributed by atoms with Crippen molar-refractivity contribution in [2.75, 3.05) is 20.1 Å². The first kappa shape index (κ1) is 13.8. The predicted octanol–water partition coefficient (Wildman–Crippen LogP) is 2.22. The van der Waals surface area contributed by atoms with Crippen molar-refractivity contribution in [3.8, 4) is 0 Å². The van der Waals surface area contributed by atoms with Gasteiger partial charge in [0, 0.05) is 25.2 Å². The van der Waals surface area contributed by atoms with E-state index in [0.29, 0.717) is 6.04 Å². The fraction of sp³-hybridized carbons (Fsp3) is 0.438. The van der Waals surface area contributed by atoms with E-state index in [1.807, 2.05) is 36.2 Å². The van der Waals surface area contributed by atoms with Gasteiger partial charge in [-0.3, -0.25) is 4.79 Å². The van der Waals surface area contributed by atoms with Crippen molar-refractivity contribution in [3.05, 3.63) is 41.5 Å². The highest BCUT2D eigenvalue weighted by Crippen LogP contribution is 2.17. The van der Waals surface area contributed by atoms with Crippen LogP contribution < -0.4 is 5.32 Å². The van der Waals surface area contributed by atoms with Crippen LogP contribution in [0, 0.1) is 6.92 Å². The molecule has 3 heteroatoms. The number of nitrogens with one attached hydrogen (secondary N) is 1. The highest BCUT2D eigenvalue weighted by Gasteiger charge is 2.26. The van der Waals surface area contributed by atoms with Gasteiger partial charge in [0.1, 0.15) is 0 Å². The molecule has 1 aromatic rings. The summed E-state index contributed by atoms with van der Waals surface area (Å²) < 4.78 is 0. The Morgan fingerprint density at radius 3 is 3.00 bits per heavy atom. The van der Waals surface area contributed by atoms with Gasteiger partial charge in [-0.2, -0.15) is 0 Å². The topological polar surface area (TPSA) is 32.3 Å². The number of rotatable bonds is 4. The summed E-state index contributed by atoms with van der Waals surface area (Å²) >= 11 is 0. The first-order valence-electron chi connectivity index (χ1n) is 6.91. The summed E-state index contributed by atoms with van der Waals surface area (Å²) in [6.45, 7) is 3.82. The molecule has 0 saturated carbocycles. The van der Waals surface area contributed by atoms with Crippen molar-refractivity contribution < 1.29 is 4.79 Å². The van der Waals surface area contributed by atoms with Crippen LogP contribution in [0.3, 0.4) is 0 Å². The van der Waals surface area contributed by atoms with Gasteiger partial charge >= 0.3 is 0 Å². The van der Waals surface area contributed by atoms with Gasteiger partial charge in [0.05, 0.1) is 0 Å². The molecule has 3 nitrogen and oxygen atoms in total. The third-order valence-electron chi connectivity index (χ3n) is 3.69. The van der Waals surface area contributed by atoms with Gasteiger partial charge in [0.25, 0.3) is 0 Å². The molecule has 1 aliphatic heterocycles. The van der Waals surface area contributed by atoms with E-state index in [1.54, 1.807) is 6.08 Å². The van der Waals surface area contributed by atoms with Crippen LogP contribution in [0.25, 0.3) is 6.08 Å². The van der Waals surface area contributed by atoms with Gasteiger partial charge in [-0.05, 0) is 44.0 Å². The summed E-state index contributed by atoms with van der Waals surface area (Å²) in [5.41, 5.74) is 2.31. The van der Waals surface area contributed by atoms with Gasteiger partial charge < -0.3 is 10.2 Å². The maximum Gasteiger partial charge on any atom is 0.246 e. The highest BCUT2D eigenvalue weighted by atomic mass is 16.2. The average Bonchev–Trinajstić information content (AvgIpc) is 2.86. The number of carbonyl (C=O) groups is 1. The predicted molar refractivity (Wildman–Crippen MR) is 78.9 cm³/mol. The third-order valence-corrected chi connectivity index (χ3v) is 3.69. The Morgan fingerprint density at radius 2 is 2.26 bits per heavy atom. The van der Waals surface area contributed by atoms with E-state index >= 15 is 0 Å². The number of nitrogens with zero attached hydrogens (tertiary/aromatic N) is 1. The van der Waals surface area contributed by atoms with Crippen molar-refractivity contribution in [2.24, 2.45) is 0 Å². The molecule has 0 aromatic heterocycles. The average molecular weight is 258 g/mol. The number of amides is 1. The maximum absolute atomic E-state index is 12.2. The maximum atomic E-state index is 12.2. The van der Waals surface area contributed by atoms with Crippen LogP contribution in [0.1, 0.15) is 24.0 Å². The van der Waals surface area contributed by atoms with E-state index in [4.69, 9.17) is 0 Å². The van der Waals surface area contributed by atoms with Crippen LogP contribution in [-0.2, 0) is 4.79 Å². The second-order valence-corrected chi connectivity index (χ2v) is 5.08. The smallest absolute Gasteiger partial charge is 0.246 e. The Balaban J connectivity index is 2.03. The number of aryl methyl sites for hydroxylation is 1. The van der Waals surface area contributed by atoms with E-state index < -0.39 is 0 Å². The third kappa shape index (κ3) is 3.44. The van der Waals surface area contributed by atoms with Gasteiger partial charge in [0.15, 0.2) is 0 Å². The molecule has 0 bridgehead atoms. The van der Waals surface area contributed by atoms with Crippen molar-refractivity contribution >= 4 is 12.0 Å². The lowest BCUT2D eigenvalue weighted by atomic mass is 10.1. The molecule has 1 unspecified atom stereocenters. The lowest BCUT2D eigenvalue weighted by Crippen LogP contribution is -2.39. The highest BCUT2D eigenvalue weighted by molar-refractivity contribution is 5.92. The summed E-state index contributed by atoms with van der Waals surface area (Å²) in [6, 6.07) is 8.45. The van der Waals surface area contributed by atoms with Crippen molar-refractivity contribution in [3.63, 3.8) is 0 Å². The van der Waals surface area contributed by atoms with Crippen LogP contribution >= 0.6 is 0 Å². The summed E-state index contributed by atoms with van der Waals surface area (Å²) in [4.78, 5) is 14.2. The zero-order chi connectivity index (χ0) is 13.7. The zero-order valence-electron chi connectivity index (χ0n) is 11.7. The van der Waals surface area contributed by atoms with Crippen molar-refractivity contribution in [1.82, 2.24) is 10.2 Å². The minimum atomic E-state index is 0.126. The molecule has 19 heavy (non-hydrogen) atoms. The molecule has 1 saturated heterocycles. The van der Waals surface area contributed by atoms with E-state index in [-0.39, 0.29) is 5.91 Å². The Hall–Kier alpha value is -1.61. The van der Waals surface area contributed by atoms with Gasteiger partial charge in [-0.1, -0.05) is 24.3 Å². The fourth-order valence-electron chi connectivity index (χ4n) is 2.60. The summed E-state index contributed by atoms with van der Waals surface area (Å²) in [7, 11) is 1.93. The molecule has 1 aliphatic rings. The standard InChI is InChI=1S/C16H22N2O/c1-13-6-3-4-7-14(13)9-10-16(19)18-11-5-8-15(18)12-17-2/h3-4,6-7,9-10,15,17H,5,8,11-12H2,1-2H3/b10-9+. The summed E-state index contributed by atoms with van der Waals surface area (Å²) in [6.07, 6.45) is 5.84. The quantitative estimate of drug-likeness (QED) is 0.840. The Bertz CT molecular complexity index is 468. The second kappa shape index (κ2) is 6.53. The molecule has 1 fully saturated rings. The lowest BCUT2D eigenvalue weighted by Gasteiger charge is -2.23. The Morgan fingerprint density at radius 1 is 1.47 bits per heavy atom. The van der Waals surface area contributed by atoms with E-state index in [1.165, 1.54) is 5.56 Å². The molecule has 0 radical (unpaired) electrons. The number of likely N-dealkylation sites (tertiary alicyclic amines) is 1. The lowest BCUT2D eigenvalue weighted by molar-refractivity contribution is -0.126. The van der Waals surface area contributed by atoms with Crippen LogP contribution in [0.2, 0.25) is 0 Å². The number of carbonyl (C=O) groups excluding carboxylic acids is 1. The van der Waals surface area contributed by atoms with Crippen LogP contribution in [-0.4, -0.2) is 37.0 Å². The minimum Gasteiger partial charge on any atom is -0.335 e. The Kier molecular flexibility index (Phi) is 4.74. The number of hydrogen-bond acceptors (Lipinski definition) is 2. The molecule has 1 heterocycles. The van der Waals surface area contributed by atoms with Gasteiger partial charge in [0.2, 0.25) is 5.91 Å². The van der Waals surface area contributed by atoms with Crippen LogP contribution in [0.15, 0.2) is 30.3 Å². The fourth-order valence-corrected chi connectivity index (χ4v) is 2.60. The number of hydrogen-bond donors (Lipinski definition) is 1.